The van der Waals surface area contributed by atoms with Crippen molar-refractivity contribution in [3.63, 3.8) is 0 Å². The number of pyridine rings is 2. The first-order valence-electron chi connectivity index (χ1n) is 7.79. The van der Waals surface area contributed by atoms with E-state index in [0.29, 0.717) is 17.8 Å². The summed E-state index contributed by atoms with van der Waals surface area (Å²) in [5.41, 5.74) is 3.31. The molecule has 0 saturated carbocycles. The van der Waals surface area contributed by atoms with Crippen LogP contribution in [0.2, 0.25) is 0 Å². The zero-order valence-electron chi connectivity index (χ0n) is 13.4. The molecule has 0 fully saturated rings. The maximum atomic E-state index is 12.4. The molecule has 4 aromatic rings. The van der Waals surface area contributed by atoms with Crippen molar-refractivity contribution < 1.29 is 9.32 Å². The standard InChI is InChI=1S/C17H14BrN5O2/c1-2-14-13-5-10(6-20-17(13)25-22-14)16(24)19-7-12-9-23-8-11(18)3-4-15(23)21-12/h3-6,8-9H,2,7H2,1H3,(H,19,24). The van der Waals surface area contributed by atoms with Gasteiger partial charge in [-0.1, -0.05) is 12.1 Å². The molecule has 0 saturated heterocycles. The van der Waals surface area contributed by atoms with E-state index in [2.05, 4.69) is 36.4 Å². The van der Waals surface area contributed by atoms with Gasteiger partial charge in [0.1, 0.15) is 5.65 Å². The molecule has 126 valence electrons. The third kappa shape index (κ3) is 3.00. The number of carbonyl (C=O) groups excluding carboxylic acids is 1. The first-order valence-corrected chi connectivity index (χ1v) is 8.59. The van der Waals surface area contributed by atoms with Crippen LogP contribution >= 0.6 is 15.9 Å². The molecule has 4 heterocycles. The SMILES string of the molecule is CCc1noc2ncc(C(=O)NCc3cn4cc(Br)ccc4n3)cc12. The van der Waals surface area contributed by atoms with E-state index in [1.54, 1.807) is 6.07 Å². The third-order valence-electron chi connectivity index (χ3n) is 3.90. The van der Waals surface area contributed by atoms with Crippen molar-refractivity contribution in [2.45, 2.75) is 19.9 Å². The molecule has 0 spiro atoms. The van der Waals surface area contributed by atoms with Gasteiger partial charge in [0, 0.05) is 23.1 Å². The average Bonchev–Trinajstić information content (AvgIpc) is 3.21. The number of fused-ring (bicyclic) bond motifs is 2. The fraction of sp³-hybridized carbons (Fsp3) is 0.176. The Balaban J connectivity index is 1.52. The second kappa shape index (κ2) is 6.29. The van der Waals surface area contributed by atoms with E-state index in [1.165, 1.54) is 6.20 Å². The highest BCUT2D eigenvalue weighted by atomic mass is 79.9. The van der Waals surface area contributed by atoms with Gasteiger partial charge in [-0.2, -0.15) is 0 Å². The topological polar surface area (TPSA) is 85.3 Å². The summed E-state index contributed by atoms with van der Waals surface area (Å²) in [7, 11) is 0. The van der Waals surface area contributed by atoms with Crippen molar-refractivity contribution >= 4 is 38.6 Å². The minimum atomic E-state index is -0.212. The van der Waals surface area contributed by atoms with Gasteiger partial charge in [0.2, 0.25) is 0 Å². The molecule has 1 amide bonds. The van der Waals surface area contributed by atoms with E-state index in [0.717, 1.165) is 33.3 Å². The van der Waals surface area contributed by atoms with E-state index in [1.807, 2.05) is 35.9 Å². The Morgan fingerprint density at radius 3 is 3.08 bits per heavy atom. The van der Waals surface area contributed by atoms with Gasteiger partial charge in [0.15, 0.2) is 0 Å². The average molecular weight is 400 g/mol. The summed E-state index contributed by atoms with van der Waals surface area (Å²) in [5, 5.41) is 7.59. The van der Waals surface area contributed by atoms with Crippen molar-refractivity contribution in [2.75, 3.05) is 0 Å². The van der Waals surface area contributed by atoms with Crippen molar-refractivity contribution in [1.82, 2.24) is 24.8 Å². The monoisotopic (exact) mass is 399 g/mol. The van der Waals surface area contributed by atoms with E-state index < -0.39 is 0 Å². The summed E-state index contributed by atoms with van der Waals surface area (Å²) in [4.78, 5) is 21.0. The number of halogens is 1. The number of aryl methyl sites for hydroxylation is 1. The van der Waals surface area contributed by atoms with Crippen LogP contribution in [0.25, 0.3) is 16.7 Å². The molecule has 0 aliphatic carbocycles. The Labute approximate surface area is 151 Å². The number of hydrogen-bond acceptors (Lipinski definition) is 5. The molecule has 7 nitrogen and oxygen atoms in total. The van der Waals surface area contributed by atoms with Gasteiger partial charge in [0.25, 0.3) is 11.6 Å². The van der Waals surface area contributed by atoms with Crippen LogP contribution < -0.4 is 5.32 Å². The van der Waals surface area contributed by atoms with Gasteiger partial charge >= 0.3 is 0 Å². The maximum Gasteiger partial charge on any atom is 0.257 e. The van der Waals surface area contributed by atoms with Gasteiger partial charge in [0.05, 0.1) is 28.9 Å². The summed E-state index contributed by atoms with van der Waals surface area (Å²) >= 11 is 3.42. The second-order valence-electron chi connectivity index (χ2n) is 5.59. The van der Waals surface area contributed by atoms with Crippen LogP contribution in [0.3, 0.4) is 0 Å². The fourth-order valence-corrected chi connectivity index (χ4v) is 2.99. The summed E-state index contributed by atoms with van der Waals surface area (Å²) in [5.74, 6) is -0.212. The number of imidazole rings is 1. The largest absolute Gasteiger partial charge is 0.346 e. The number of carbonyl (C=O) groups is 1. The Kier molecular flexibility index (Phi) is 3.96. The highest BCUT2D eigenvalue weighted by molar-refractivity contribution is 9.10. The molecule has 4 rings (SSSR count). The molecule has 25 heavy (non-hydrogen) atoms. The first-order chi connectivity index (χ1) is 12.1. The minimum absolute atomic E-state index is 0.212. The van der Waals surface area contributed by atoms with Crippen LogP contribution in [0.5, 0.6) is 0 Å². The fourth-order valence-electron chi connectivity index (χ4n) is 2.63. The highest BCUT2D eigenvalue weighted by Gasteiger charge is 2.13. The number of rotatable bonds is 4. The van der Waals surface area contributed by atoms with Crippen molar-refractivity contribution in [1.29, 1.82) is 0 Å². The van der Waals surface area contributed by atoms with Crippen LogP contribution in [0.1, 0.15) is 28.7 Å². The summed E-state index contributed by atoms with van der Waals surface area (Å²) in [6, 6.07) is 5.59. The summed E-state index contributed by atoms with van der Waals surface area (Å²) in [6.45, 7) is 2.31. The van der Waals surface area contributed by atoms with Gasteiger partial charge < -0.3 is 14.2 Å². The Hall–Kier alpha value is -2.74. The van der Waals surface area contributed by atoms with Crippen LogP contribution in [-0.4, -0.2) is 25.4 Å². The third-order valence-corrected chi connectivity index (χ3v) is 4.37. The molecule has 0 aromatic carbocycles. The zero-order chi connectivity index (χ0) is 17.4. The molecule has 0 aliphatic heterocycles. The first kappa shape index (κ1) is 15.8. The van der Waals surface area contributed by atoms with E-state index >= 15 is 0 Å². The Bertz CT molecular complexity index is 1090. The summed E-state index contributed by atoms with van der Waals surface area (Å²) in [6.07, 6.45) is 6.01. The normalized spacial score (nSPS) is 11.3. The molecule has 0 atom stereocenters. The number of hydrogen-bond donors (Lipinski definition) is 1. The molecule has 0 bridgehead atoms. The molecule has 1 N–H and O–H groups in total. The lowest BCUT2D eigenvalue weighted by Crippen LogP contribution is -2.23. The molecular formula is C17H14BrN5O2. The number of nitrogens with one attached hydrogen (secondary N) is 1. The predicted octanol–water partition coefficient (Wildman–Crippen LogP) is 3.13. The zero-order valence-corrected chi connectivity index (χ0v) is 14.9. The number of amides is 1. The lowest BCUT2D eigenvalue weighted by Gasteiger charge is -2.02. The quantitative estimate of drug-likeness (QED) is 0.569. The van der Waals surface area contributed by atoms with Gasteiger partial charge in [-0.15, -0.1) is 0 Å². The van der Waals surface area contributed by atoms with Gasteiger partial charge in [-0.3, -0.25) is 4.79 Å². The van der Waals surface area contributed by atoms with E-state index in [-0.39, 0.29) is 5.91 Å². The molecule has 8 heteroatoms. The van der Waals surface area contributed by atoms with Crippen molar-refractivity contribution in [3.05, 3.63) is 58.2 Å². The van der Waals surface area contributed by atoms with Crippen LogP contribution in [0.4, 0.5) is 0 Å². The molecule has 4 aromatic heterocycles. The minimum Gasteiger partial charge on any atom is -0.346 e. The molecular weight excluding hydrogens is 386 g/mol. The van der Waals surface area contributed by atoms with Gasteiger partial charge in [-0.25, -0.2) is 9.97 Å². The smallest absolute Gasteiger partial charge is 0.257 e. The maximum absolute atomic E-state index is 12.4. The van der Waals surface area contributed by atoms with Crippen molar-refractivity contribution in [2.24, 2.45) is 0 Å². The van der Waals surface area contributed by atoms with E-state index in [9.17, 15) is 4.79 Å². The van der Waals surface area contributed by atoms with Gasteiger partial charge in [-0.05, 0) is 40.5 Å². The predicted molar refractivity (Wildman–Crippen MR) is 95.2 cm³/mol. The Morgan fingerprint density at radius 2 is 2.24 bits per heavy atom. The number of nitrogens with zero attached hydrogens (tertiary/aromatic N) is 4. The van der Waals surface area contributed by atoms with Crippen LogP contribution in [-0.2, 0) is 13.0 Å². The second-order valence-corrected chi connectivity index (χ2v) is 6.50. The molecule has 0 aliphatic rings. The Morgan fingerprint density at radius 1 is 1.36 bits per heavy atom. The lowest BCUT2D eigenvalue weighted by molar-refractivity contribution is 0.0950. The van der Waals surface area contributed by atoms with Crippen LogP contribution in [0.15, 0.2) is 45.8 Å². The molecule has 0 radical (unpaired) electrons. The van der Waals surface area contributed by atoms with Crippen LogP contribution in [0, 0.1) is 0 Å². The van der Waals surface area contributed by atoms with Crippen molar-refractivity contribution in [3.8, 4) is 0 Å². The number of aromatic nitrogens is 4. The summed E-state index contributed by atoms with van der Waals surface area (Å²) < 4.78 is 8.01. The molecule has 0 unspecified atom stereocenters. The highest BCUT2D eigenvalue weighted by Crippen LogP contribution is 2.18. The lowest BCUT2D eigenvalue weighted by atomic mass is 10.1. The van der Waals surface area contributed by atoms with E-state index in [4.69, 9.17) is 4.52 Å².